The van der Waals surface area contributed by atoms with Crippen molar-refractivity contribution in [3.8, 4) is 0 Å². The topological polar surface area (TPSA) is 29.3 Å². The number of rotatable bonds is 3. The summed E-state index contributed by atoms with van der Waals surface area (Å²) in [4.78, 5) is 1.84. The lowest BCUT2D eigenvalue weighted by molar-refractivity contribution is 0.628. The van der Waals surface area contributed by atoms with Gasteiger partial charge in [-0.3, -0.25) is 0 Å². The Morgan fingerprint density at radius 2 is 2.00 bits per heavy atom. The molecule has 2 rings (SSSR count). The number of nitrogens with zero attached hydrogens (tertiary/aromatic N) is 1. The fraction of sp³-hybridized carbons (Fsp3) is 0.143. The van der Waals surface area contributed by atoms with Crippen LogP contribution >= 0.6 is 11.6 Å². The van der Waals surface area contributed by atoms with E-state index in [1.807, 2.05) is 36.2 Å². The summed E-state index contributed by atoms with van der Waals surface area (Å²) in [5.41, 5.74) is 8.09. The lowest BCUT2D eigenvalue weighted by Crippen LogP contribution is -2.10. The van der Waals surface area contributed by atoms with Gasteiger partial charge in [0.2, 0.25) is 0 Å². The van der Waals surface area contributed by atoms with Gasteiger partial charge in [-0.05, 0) is 35.9 Å². The average molecular weight is 265 g/mol. The molecule has 0 radical (unpaired) electrons. The number of hydrogen-bond donors (Lipinski definition) is 1. The molecule has 2 N–H and O–H groups in total. The molecule has 4 heteroatoms. The van der Waals surface area contributed by atoms with Gasteiger partial charge in [0, 0.05) is 19.3 Å². The monoisotopic (exact) mass is 264 g/mol. The number of benzene rings is 2. The van der Waals surface area contributed by atoms with Gasteiger partial charge < -0.3 is 10.6 Å². The van der Waals surface area contributed by atoms with Gasteiger partial charge in [0.25, 0.3) is 0 Å². The fourth-order valence-corrected chi connectivity index (χ4v) is 2.10. The summed E-state index contributed by atoms with van der Waals surface area (Å²) in [6, 6.07) is 12.0. The molecule has 2 aromatic rings. The molecule has 94 valence electrons. The summed E-state index contributed by atoms with van der Waals surface area (Å²) in [6.07, 6.45) is 0. The Kier molecular flexibility index (Phi) is 3.84. The minimum absolute atomic E-state index is 0.269. The lowest BCUT2D eigenvalue weighted by atomic mass is 10.2. The standard InChI is InChI=1S/C14H14ClFN2/c1-18(12-4-2-3-11(16)8-12)14-6-5-10(9-17)7-13(14)15/h2-8H,9,17H2,1H3. The van der Waals surface area contributed by atoms with Gasteiger partial charge in [0.1, 0.15) is 5.82 Å². The SMILES string of the molecule is CN(c1cccc(F)c1)c1ccc(CN)cc1Cl. The van der Waals surface area contributed by atoms with E-state index in [9.17, 15) is 4.39 Å². The molecule has 0 amide bonds. The quantitative estimate of drug-likeness (QED) is 0.916. The van der Waals surface area contributed by atoms with Crippen LogP contribution in [-0.4, -0.2) is 7.05 Å². The minimum Gasteiger partial charge on any atom is -0.343 e. The van der Waals surface area contributed by atoms with E-state index in [0.717, 1.165) is 16.9 Å². The van der Waals surface area contributed by atoms with Crippen LogP contribution in [0.4, 0.5) is 15.8 Å². The Morgan fingerprint density at radius 1 is 1.22 bits per heavy atom. The van der Waals surface area contributed by atoms with E-state index >= 15 is 0 Å². The van der Waals surface area contributed by atoms with Gasteiger partial charge in [-0.2, -0.15) is 0 Å². The van der Waals surface area contributed by atoms with Crippen LogP contribution in [0.1, 0.15) is 5.56 Å². The van der Waals surface area contributed by atoms with E-state index in [-0.39, 0.29) is 5.82 Å². The molecule has 0 saturated heterocycles. The molecule has 0 aromatic heterocycles. The second kappa shape index (κ2) is 5.38. The van der Waals surface area contributed by atoms with E-state index in [1.54, 1.807) is 6.07 Å². The minimum atomic E-state index is -0.269. The normalized spacial score (nSPS) is 10.4. The third-order valence-electron chi connectivity index (χ3n) is 2.80. The first-order chi connectivity index (χ1) is 8.61. The van der Waals surface area contributed by atoms with Crippen molar-refractivity contribution in [3.63, 3.8) is 0 Å². The smallest absolute Gasteiger partial charge is 0.125 e. The van der Waals surface area contributed by atoms with Crippen molar-refractivity contribution < 1.29 is 4.39 Å². The third-order valence-corrected chi connectivity index (χ3v) is 3.11. The third kappa shape index (κ3) is 2.63. The number of hydrogen-bond acceptors (Lipinski definition) is 2. The van der Waals surface area contributed by atoms with E-state index in [0.29, 0.717) is 11.6 Å². The highest BCUT2D eigenvalue weighted by Gasteiger charge is 2.09. The van der Waals surface area contributed by atoms with E-state index < -0.39 is 0 Å². The average Bonchev–Trinajstić information content (AvgIpc) is 2.37. The molecule has 2 nitrogen and oxygen atoms in total. The highest BCUT2D eigenvalue weighted by atomic mass is 35.5. The van der Waals surface area contributed by atoms with E-state index in [1.165, 1.54) is 12.1 Å². The highest BCUT2D eigenvalue weighted by molar-refractivity contribution is 6.33. The molecule has 0 spiro atoms. The van der Waals surface area contributed by atoms with E-state index in [4.69, 9.17) is 17.3 Å². The van der Waals surface area contributed by atoms with Crippen LogP contribution in [0.2, 0.25) is 5.02 Å². The molecule has 0 aliphatic heterocycles. The van der Waals surface area contributed by atoms with Crippen LogP contribution in [0.25, 0.3) is 0 Å². The fourth-order valence-electron chi connectivity index (χ4n) is 1.77. The first-order valence-corrected chi connectivity index (χ1v) is 5.97. The van der Waals surface area contributed by atoms with Crippen molar-refractivity contribution in [2.75, 3.05) is 11.9 Å². The lowest BCUT2D eigenvalue weighted by Gasteiger charge is -2.21. The van der Waals surface area contributed by atoms with Crippen LogP contribution in [-0.2, 0) is 6.54 Å². The van der Waals surface area contributed by atoms with Gasteiger partial charge >= 0.3 is 0 Å². The van der Waals surface area contributed by atoms with Crippen molar-refractivity contribution in [1.82, 2.24) is 0 Å². The molecule has 18 heavy (non-hydrogen) atoms. The van der Waals surface area contributed by atoms with Gasteiger partial charge in [-0.25, -0.2) is 4.39 Å². The van der Waals surface area contributed by atoms with Gasteiger partial charge in [0.15, 0.2) is 0 Å². The highest BCUT2D eigenvalue weighted by Crippen LogP contribution is 2.31. The largest absolute Gasteiger partial charge is 0.343 e. The second-order valence-corrected chi connectivity index (χ2v) is 4.44. The van der Waals surface area contributed by atoms with Crippen LogP contribution in [0, 0.1) is 5.82 Å². The summed E-state index contributed by atoms with van der Waals surface area (Å²) in [7, 11) is 1.85. The van der Waals surface area contributed by atoms with Crippen LogP contribution in [0.15, 0.2) is 42.5 Å². The molecule has 0 aliphatic rings. The molecular formula is C14H14ClFN2. The van der Waals surface area contributed by atoms with Gasteiger partial charge in [-0.15, -0.1) is 0 Å². The zero-order valence-electron chi connectivity index (χ0n) is 10.0. The van der Waals surface area contributed by atoms with Crippen molar-refractivity contribution in [2.45, 2.75) is 6.54 Å². The molecule has 0 aliphatic carbocycles. The zero-order valence-corrected chi connectivity index (χ0v) is 10.8. The maximum absolute atomic E-state index is 13.2. The van der Waals surface area contributed by atoms with Crippen molar-refractivity contribution >= 4 is 23.0 Å². The Balaban J connectivity index is 2.37. The van der Waals surface area contributed by atoms with Crippen molar-refractivity contribution in [1.29, 1.82) is 0 Å². The summed E-state index contributed by atoms with van der Waals surface area (Å²) in [5.74, 6) is -0.269. The molecule has 0 atom stereocenters. The maximum atomic E-state index is 13.2. The Hall–Kier alpha value is -1.58. The molecular weight excluding hydrogens is 251 g/mol. The first kappa shape index (κ1) is 12.9. The summed E-state index contributed by atoms with van der Waals surface area (Å²) < 4.78 is 13.2. The van der Waals surface area contributed by atoms with Crippen LogP contribution in [0.3, 0.4) is 0 Å². The van der Waals surface area contributed by atoms with Gasteiger partial charge in [0.05, 0.1) is 10.7 Å². The van der Waals surface area contributed by atoms with Crippen molar-refractivity contribution in [3.05, 3.63) is 58.9 Å². The number of nitrogens with two attached hydrogens (primary N) is 1. The Morgan fingerprint density at radius 3 is 2.61 bits per heavy atom. The molecule has 0 heterocycles. The zero-order chi connectivity index (χ0) is 13.1. The molecule has 2 aromatic carbocycles. The predicted molar refractivity (Wildman–Crippen MR) is 73.8 cm³/mol. The van der Waals surface area contributed by atoms with E-state index in [2.05, 4.69) is 0 Å². The molecule has 0 unspecified atom stereocenters. The summed E-state index contributed by atoms with van der Waals surface area (Å²) >= 11 is 6.20. The predicted octanol–water partition coefficient (Wildman–Crippen LogP) is 3.71. The Labute approximate surface area is 111 Å². The number of halogens is 2. The first-order valence-electron chi connectivity index (χ1n) is 5.59. The molecule has 0 saturated carbocycles. The van der Waals surface area contributed by atoms with Gasteiger partial charge in [-0.1, -0.05) is 23.7 Å². The summed E-state index contributed by atoms with van der Waals surface area (Å²) in [6.45, 7) is 0.448. The van der Waals surface area contributed by atoms with Crippen LogP contribution < -0.4 is 10.6 Å². The van der Waals surface area contributed by atoms with Crippen molar-refractivity contribution in [2.24, 2.45) is 5.73 Å². The molecule has 0 fully saturated rings. The second-order valence-electron chi connectivity index (χ2n) is 4.03. The van der Waals surface area contributed by atoms with Crippen LogP contribution in [0.5, 0.6) is 0 Å². The molecule has 0 bridgehead atoms. The Bertz CT molecular complexity index is 557. The number of anilines is 2. The maximum Gasteiger partial charge on any atom is 0.125 e. The summed E-state index contributed by atoms with van der Waals surface area (Å²) in [5, 5.41) is 0.602.